The minimum Gasteiger partial charge on any atom is -0.497 e. The fourth-order valence-electron chi connectivity index (χ4n) is 2.04. The van der Waals surface area contributed by atoms with Crippen LogP contribution in [-0.4, -0.2) is 18.1 Å². The minimum absolute atomic E-state index is 0.204. The van der Waals surface area contributed by atoms with E-state index in [1.165, 1.54) is 11.1 Å². The van der Waals surface area contributed by atoms with Crippen molar-refractivity contribution in [1.82, 2.24) is 10.4 Å². The Kier molecular flexibility index (Phi) is 4.89. The molecule has 0 saturated carbocycles. The van der Waals surface area contributed by atoms with Crippen LogP contribution < -0.4 is 16.0 Å². The number of nitrogens with two attached hydrogens (primary N) is 1. The van der Waals surface area contributed by atoms with Gasteiger partial charge < -0.3 is 4.74 Å². The molecule has 0 radical (unpaired) electrons. The molecule has 0 fully saturated rings. The van der Waals surface area contributed by atoms with Crippen molar-refractivity contribution in [2.45, 2.75) is 18.9 Å². The monoisotopic (exact) mass is 257 g/mol. The summed E-state index contributed by atoms with van der Waals surface area (Å²) in [5.41, 5.74) is 5.34. The number of hydrogen-bond acceptors (Lipinski definition) is 4. The summed E-state index contributed by atoms with van der Waals surface area (Å²) < 4.78 is 5.15. The number of methoxy groups -OCH3 is 1. The predicted octanol–water partition coefficient (Wildman–Crippen LogP) is 1.71. The second-order valence-corrected chi connectivity index (χ2v) is 4.48. The summed E-state index contributed by atoms with van der Waals surface area (Å²) >= 11 is 0. The van der Waals surface area contributed by atoms with E-state index >= 15 is 0 Å². The van der Waals surface area contributed by atoms with Crippen LogP contribution in [0.5, 0.6) is 5.75 Å². The Labute approximate surface area is 113 Å². The third-order valence-corrected chi connectivity index (χ3v) is 3.11. The topological polar surface area (TPSA) is 60.2 Å². The Balaban J connectivity index is 1.98. The third kappa shape index (κ3) is 4.05. The maximum Gasteiger partial charge on any atom is 0.118 e. The summed E-state index contributed by atoms with van der Waals surface area (Å²) in [6.45, 7) is 0. The second kappa shape index (κ2) is 6.87. The van der Waals surface area contributed by atoms with Crippen LogP contribution in [0, 0.1) is 0 Å². The first kappa shape index (κ1) is 13.5. The fraction of sp³-hybridized carbons (Fsp3) is 0.267. The molecule has 0 aliphatic carbocycles. The number of rotatable bonds is 6. The van der Waals surface area contributed by atoms with Crippen molar-refractivity contribution in [3.05, 3.63) is 59.9 Å². The number of ether oxygens (including phenoxy) is 1. The largest absolute Gasteiger partial charge is 0.497 e. The molecular formula is C15H19N3O. The fourth-order valence-corrected chi connectivity index (χ4v) is 2.04. The summed E-state index contributed by atoms with van der Waals surface area (Å²) in [6, 6.07) is 12.3. The van der Waals surface area contributed by atoms with Gasteiger partial charge >= 0.3 is 0 Å². The van der Waals surface area contributed by atoms with E-state index in [1.54, 1.807) is 19.5 Å². The van der Waals surface area contributed by atoms with Crippen molar-refractivity contribution in [3.8, 4) is 5.75 Å². The van der Waals surface area contributed by atoms with E-state index in [-0.39, 0.29) is 6.04 Å². The predicted molar refractivity (Wildman–Crippen MR) is 75.8 cm³/mol. The minimum atomic E-state index is 0.204. The molecule has 2 aromatic rings. The highest BCUT2D eigenvalue weighted by Crippen LogP contribution is 2.14. The van der Waals surface area contributed by atoms with Gasteiger partial charge in [0.05, 0.1) is 7.11 Å². The molecule has 1 unspecified atom stereocenters. The second-order valence-electron chi connectivity index (χ2n) is 4.48. The standard InChI is InChI=1S/C15H19N3O/c1-19-15-4-2-12(3-5-15)10-14(18-16)11-13-6-8-17-9-7-13/h2-9,14,18H,10-11,16H2,1H3. The molecule has 1 atom stereocenters. The van der Waals surface area contributed by atoms with Crippen molar-refractivity contribution < 1.29 is 4.74 Å². The summed E-state index contributed by atoms with van der Waals surface area (Å²) in [6.07, 6.45) is 5.36. The lowest BCUT2D eigenvalue weighted by atomic mass is 10.00. The number of nitrogens with one attached hydrogen (secondary N) is 1. The van der Waals surface area contributed by atoms with Crippen molar-refractivity contribution in [2.24, 2.45) is 5.84 Å². The summed E-state index contributed by atoms with van der Waals surface area (Å²) in [7, 11) is 1.67. The third-order valence-electron chi connectivity index (χ3n) is 3.11. The first-order valence-corrected chi connectivity index (χ1v) is 6.30. The normalized spacial score (nSPS) is 12.1. The molecule has 0 saturated heterocycles. The molecule has 0 aliphatic rings. The molecule has 1 aromatic carbocycles. The number of aromatic nitrogens is 1. The highest BCUT2D eigenvalue weighted by Gasteiger charge is 2.09. The van der Waals surface area contributed by atoms with Crippen LogP contribution in [0.2, 0.25) is 0 Å². The number of pyridine rings is 1. The molecule has 1 heterocycles. The molecule has 2 rings (SSSR count). The molecule has 0 aliphatic heterocycles. The Morgan fingerprint density at radius 1 is 1.05 bits per heavy atom. The van der Waals surface area contributed by atoms with Crippen LogP contribution in [0.25, 0.3) is 0 Å². The van der Waals surface area contributed by atoms with Gasteiger partial charge in [-0.2, -0.15) is 0 Å². The Hall–Kier alpha value is -1.91. The van der Waals surface area contributed by atoms with Gasteiger partial charge in [-0.3, -0.25) is 16.3 Å². The van der Waals surface area contributed by atoms with Crippen LogP contribution in [-0.2, 0) is 12.8 Å². The van der Waals surface area contributed by atoms with E-state index < -0.39 is 0 Å². The zero-order chi connectivity index (χ0) is 13.5. The first-order valence-electron chi connectivity index (χ1n) is 6.30. The average molecular weight is 257 g/mol. The van der Waals surface area contributed by atoms with E-state index in [4.69, 9.17) is 10.6 Å². The van der Waals surface area contributed by atoms with Crippen molar-refractivity contribution in [2.75, 3.05) is 7.11 Å². The SMILES string of the molecule is COc1ccc(CC(Cc2ccncc2)NN)cc1. The summed E-state index contributed by atoms with van der Waals surface area (Å²) in [4.78, 5) is 4.02. The Bertz CT molecular complexity index is 485. The molecule has 100 valence electrons. The molecule has 19 heavy (non-hydrogen) atoms. The molecule has 3 N–H and O–H groups in total. The highest BCUT2D eigenvalue weighted by atomic mass is 16.5. The number of nitrogens with zero attached hydrogens (tertiary/aromatic N) is 1. The lowest BCUT2D eigenvalue weighted by Gasteiger charge is -2.16. The van der Waals surface area contributed by atoms with Crippen LogP contribution >= 0.6 is 0 Å². The van der Waals surface area contributed by atoms with Crippen LogP contribution in [0.4, 0.5) is 0 Å². The van der Waals surface area contributed by atoms with Gasteiger partial charge in [-0.25, -0.2) is 0 Å². The van der Waals surface area contributed by atoms with Gasteiger partial charge in [0.2, 0.25) is 0 Å². The molecule has 0 spiro atoms. The number of hydrogen-bond donors (Lipinski definition) is 2. The average Bonchev–Trinajstić information content (AvgIpc) is 2.48. The van der Waals surface area contributed by atoms with Crippen LogP contribution in [0.1, 0.15) is 11.1 Å². The molecule has 0 amide bonds. The van der Waals surface area contributed by atoms with E-state index in [0.717, 1.165) is 18.6 Å². The Morgan fingerprint density at radius 3 is 2.16 bits per heavy atom. The summed E-state index contributed by atoms with van der Waals surface area (Å²) in [5, 5.41) is 0. The van der Waals surface area contributed by atoms with Gasteiger partial charge in [0, 0.05) is 18.4 Å². The smallest absolute Gasteiger partial charge is 0.118 e. The lowest BCUT2D eigenvalue weighted by molar-refractivity contribution is 0.414. The van der Waals surface area contributed by atoms with Crippen molar-refractivity contribution in [3.63, 3.8) is 0 Å². The number of benzene rings is 1. The molecule has 0 bridgehead atoms. The van der Waals surface area contributed by atoms with E-state index in [2.05, 4.69) is 22.5 Å². The van der Waals surface area contributed by atoms with Gasteiger partial charge in [-0.1, -0.05) is 12.1 Å². The molecule has 4 heteroatoms. The quantitative estimate of drug-likeness (QED) is 0.611. The molecule has 1 aromatic heterocycles. The lowest BCUT2D eigenvalue weighted by Crippen LogP contribution is -2.38. The zero-order valence-corrected chi connectivity index (χ0v) is 11.0. The first-order chi connectivity index (χ1) is 9.31. The molecular weight excluding hydrogens is 238 g/mol. The van der Waals surface area contributed by atoms with Crippen LogP contribution in [0.15, 0.2) is 48.8 Å². The van der Waals surface area contributed by atoms with E-state index in [0.29, 0.717) is 0 Å². The molecule has 4 nitrogen and oxygen atoms in total. The number of hydrazine groups is 1. The van der Waals surface area contributed by atoms with Gasteiger partial charge in [0.1, 0.15) is 5.75 Å². The van der Waals surface area contributed by atoms with Gasteiger partial charge in [-0.15, -0.1) is 0 Å². The van der Waals surface area contributed by atoms with E-state index in [9.17, 15) is 0 Å². The van der Waals surface area contributed by atoms with Crippen LogP contribution in [0.3, 0.4) is 0 Å². The van der Waals surface area contributed by atoms with Crippen molar-refractivity contribution in [1.29, 1.82) is 0 Å². The highest BCUT2D eigenvalue weighted by molar-refractivity contribution is 5.28. The van der Waals surface area contributed by atoms with Crippen molar-refractivity contribution >= 4 is 0 Å². The van der Waals surface area contributed by atoms with Gasteiger partial charge in [0.15, 0.2) is 0 Å². The maximum atomic E-state index is 5.63. The maximum absolute atomic E-state index is 5.63. The van der Waals surface area contributed by atoms with E-state index in [1.807, 2.05) is 24.3 Å². The van der Waals surface area contributed by atoms with Gasteiger partial charge in [-0.05, 0) is 48.2 Å². The Morgan fingerprint density at radius 2 is 1.63 bits per heavy atom. The van der Waals surface area contributed by atoms with Gasteiger partial charge in [0.25, 0.3) is 0 Å². The zero-order valence-electron chi connectivity index (χ0n) is 11.0. The summed E-state index contributed by atoms with van der Waals surface area (Å²) in [5.74, 6) is 6.50.